The minimum Gasteiger partial charge on any atom is -0.497 e. The fraction of sp³-hybridized carbons (Fsp3) is 0.476. The standard InChI is InChI=1S/C21H29N5O3/c1-13(2)15-10-14(28-7)11-17-18(15)21(27)29-19(23-17)16-12-22-26(6)20(16)25(5)9-8-24(3)4/h10-13H,8-9H2,1-7H3. The maximum Gasteiger partial charge on any atom is 0.347 e. The van der Waals surface area contributed by atoms with Gasteiger partial charge in [-0.05, 0) is 31.6 Å². The number of likely N-dealkylation sites (N-methyl/N-ethyl adjacent to an activating group) is 2. The molecule has 0 atom stereocenters. The average molecular weight is 399 g/mol. The third-order valence-electron chi connectivity index (χ3n) is 4.98. The highest BCUT2D eigenvalue weighted by molar-refractivity contribution is 5.85. The van der Waals surface area contributed by atoms with Crippen LogP contribution >= 0.6 is 0 Å². The van der Waals surface area contributed by atoms with E-state index in [4.69, 9.17) is 9.15 Å². The van der Waals surface area contributed by atoms with Crippen molar-refractivity contribution in [3.05, 3.63) is 34.3 Å². The van der Waals surface area contributed by atoms with Crippen LogP contribution in [0.15, 0.2) is 27.5 Å². The van der Waals surface area contributed by atoms with Crippen LogP contribution in [0.25, 0.3) is 22.4 Å². The van der Waals surface area contributed by atoms with Crippen molar-refractivity contribution >= 4 is 16.7 Å². The second-order valence-electron chi connectivity index (χ2n) is 7.80. The first kappa shape index (κ1) is 20.9. The molecular formula is C21H29N5O3. The molecule has 8 heteroatoms. The molecule has 3 aromatic rings. The van der Waals surface area contributed by atoms with Gasteiger partial charge in [0.1, 0.15) is 11.6 Å². The molecule has 0 aliphatic rings. The van der Waals surface area contributed by atoms with Gasteiger partial charge in [-0.15, -0.1) is 0 Å². The zero-order chi connectivity index (χ0) is 21.3. The summed E-state index contributed by atoms with van der Waals surface area (Å²) in [6, 6.07) is 3.64. The predicted octanol–water partition coefficient (Wildman–Crippen LogP) is 2.72. The lowest BCUT2D eigenvalue weighted by Crippen LogP contribution is -2.30. The molecule has 1 aromatic carbocycles. The van der Waals surface area contributed by atoms with Gasteiger partial charge in [0.05, 0.1) is 29.8 Å². The zero-order valence-corrected chi connectivity index (χ0v) is 18.2. The first-order valence-electron chi connectivity index (χ1n) is 9.64. The van der Waals surface area contributed by atoms with Crippen LogP contribution in [0, 0.1) is 0 Å². The van der Waals surface area contributed by atoms with Crippen LogP contribution in [0.4, 0.5) is 5.82 Å². The lowest BCUT2D eigenvalue weighted by Gasteiger charge is -2.22. The molecule has 0 bridgehead atoms. The third kappa shape index (κ3) is 4.12. The summed E-state index contributed by atoms with van der Waals surface area (Å²) in [4.78, 5) is 21.8. The number of aromatic nitrogens is 3. The first-order chi connectivity index (χ1) is 13.7. The number of ether oxygens (including phenoxy) is 1. The molecule has 0 saturated carbocycles. The van der Waals surface area contributed by atoms with E-state index in [0.29, 0.717) is 22.2 Å². The fourth-order valence-corrected chi connectivity index (χ4v) is 3.38. The second-order valence-corrected chi connectivity index (χ2v) is 7.80. The van der Waals surface area contributed by atoms with E-state index < -0.39 is 5.63 Å². The van der Waals surface area contributed by atoms with Crippen LogP contribution < -0.4 is 15.3 Å². The van der Waals surface area contributed by atoms with Crippen molar-refractivity contribution in [3.8, 4) is 17.2 Å². The largest absolute Gasteiger partial charge is 0.497 e. The van der Waals surface area contributed by atoms with Crippen molar-refractivity contribution in [3.63, 3.8) is 0 Å². The van der Waals surface area contributed by atoms with Crippen molar-refractivity contribution in [2.45, 2.75) is 19.8 Å². The molecule has 2 aromatic heterocycles. The van der Waals surface area contributed by atoms with E-state index in [2.05, 4.69) is 19.9 Å². The van der Waals surface area contributed by atoms with E-state index >= 15 is 0 Å². The number of benzene rings is 1. The molecule has 2 heterocycles. The van der Waals surface area contributed by atoms with Crippen molar-refractivity contribution in [2.75, 3.05) is 46.2 Å². The lowest BCUT2D eigenvalue weighted by atomic mass is 9.98. The van der Waals surface area contributed by atoms with Gasteiger partial charge in [0.25, 0.3) is 0 Å². The number of anilines is 1. The Hall–Kier alpha value is -2.87. The number of fused-ring (bicyclic) bond motifs is 1. The summed E-state index contributed by atoms with van der Waals surface area (Å²) >= 11 is 0. The molecule has 0 N–H and O–H groups in total. The number of rotatable bonds is 7. The molecule has 156 valence electrons. The molecule has 0 unspecified atom stereocenters. The van der Waals surface area contributed by atoms with Crippen molar-refractivity contribution in [2.24, 2.45) is 7.05 Å². The number of hydrogen-bond donors (Lipinski definition) is 0. The number of hydrogen-bond acceptors (Lipinski definition) is 7. The van der Waals surface area contributed by atoms with Gasteiger partial charge in [0, 0.05) is 33.3 Å². The molecular weight excluding hydrogens is 370 g/mol. The number of methoxy groups -OCH3 is 1. The molecule has 0 aliphatic heterocycles. The van der Waals surface area contributed by atoms with E-state index in [-0.39, 0.29) is 11.8 Å². The van der Waals surface area contributed by atoms with Gasteiger partial charge in [0.15, 0.2) is 0 Å². The monoisotopic (exact) mass is 399 g/mol. The van der Waals surface area contributed by atoms with Gasteiger partial charge in [-0.25, -0.2) is 9.78 Å². The smallest absolute Gasteiger partial charge is 0.347 e. The van der Waals surface area contributed by atoms with E-state index in [0.717, 1.165) is 24.5 Å². The summed E-state index contributed by atoms with van der Waals surface area (Å²) in [5, 5.41) is 4.86. The molecule has 0 radical (unpaired) electrons. The summed E-state index contributed by atoms with van der Waals surface area (Å²) < 4.78 is 12.9. The van der Waals surface area contributed by atoms with Crippen LogP contribution in [0.5, 0.6) is 5.75 Å². The van der Waals surface area contributed by atoms with Crippen LogP contribution in [0.3, 0.4) is 0 Å². The normalized spacial score (nSPS) is 11.6. The third-order valence-corrected chi connectivity index (χ3v) is 4.98. The molecule has 0 spiro atoms. The van der Waals surface area contributed by atoms with Gasteiger partial charge in [-0.3, -0.25) is 4.68 Å². The van der Waals surface area contributed by atoms with E-state index in [1.165, 1.54) is 0 Å². The first-order valence-corrected chi connectivity index (χ1v) is 9.64. The maximum absolute atomic E-state index is 12.9. The Kier molecular flexibility index (Phi) is 5.93. The summed E-state index contributed by atoms with van der Waals surface area (Å²) in [7, 11) is 9.52. The highest BCUT2D eigenvalue weighted by Crippen LogP contribution is 2.32. The minimum atomic E-state index is -0.401. The van der Waals surface area contributed by atoms with Gasteiger partial charge < -0.3 is 19.0 Å². The molecule has 0 amide bonds. The van der Waals surface area contributed by atoms with Gasteiger partial charge in [-0.1, -0.05) is 13.8 Å². The van der Waals surface area contributed by atoms with Crippen molar-refractivity contribution < 1.29 is 9.15 Å². The van der Waals surface area contributed by atoms with Crippen LogP contribution in [-0.2, 0) is 7.05 Å². The highest BCUT2D eigenvalue weighted by Gasteiger charge is 2.21. The molecule has 0 saturated heterocycles. The van der Waals surface area contributed by atoms with Gasteiger partial charge in [0.2, 0.25) is 5.89 Å². The summed E-state index contributed by atoms with van der Waals surface area (Å²) in [6.07, 6.45) is 1.68. The zero-order valence-electron chi connectivity index (χ0n) is 18.2. The molecule has 0 fully saturated rings. The predicted molar refractivity (Wildman–Crippen MR) is 115 cm³/mol. The van der Waals surface area contributed by atoms with Crippen LogP contribution in [0.2, 0.25) is 0 Å². The lowest BCUT2D eigenvalue weighted by molar-refractivity contribution is 0.414. The Morgan fingerprint density at radius 2 is 1.93 bits per heavy atom. The van der Waals surface area contributed by atoms with Crippen molar-refractivity contribution in [1.29, 1.82) is 0 Å². The van der Waals surface area contributed by atoms with E-state index in [1.54, 1.807) is 24.1 Å². The second kappa shape index (κ2) is 8.24. The van der Waals surface area contributed by atoms with E-state index in [9.17, 15) is 4.79 Å². The van der Waals surface area contributed by atoms with Crippen LogP contribution in [0.1, 0.15) is 25.3 Å². The summed E-state index contributed by atoms with van der Waals surface area (Å²) in [6.45, 7) is 5.73. The van der Waals surface area contributed by atoms with Gasteiger partial charge >= 0.3 is 5.63 Å². The summed E-state index contributed by atoms with van der Waals surface area (Å²) in [5.41, 5.74) is 1.70. The molecule has 8 nitrogen and oxygen atoms in total. The van der Waals surface area contributed by atoms with Gasteiger partial charge in [-0.2, -0.15) is 5.10 Å². The fourth-order valence-electron chi connectivity index (χ4n) is 3.38. The highest BCUT2D eigenvalue weighted by atomic mass is 16.5. The molecule has 0 aliphatic carbocycles. The SMILES string of the molecule is COc1cc(C(C)C)c2c(=O)oc(-c3cnn(C)c3N(C)CCN(C)C)nc2c1. The minimum absolute atomic E-state index is 0.134. The Balaban J connectivity index is 2.16. The van der Waals surface area contributed by atoms with Crippen molar-refractivity contribution in [1.82, 2.24) is 19.7 Å². The van der Waals surface area contributed by atoms with E-state index in [1.807, 2.05) is 48.1 Å². The Bertz CT molecular complexity index is 1070. The Morgan fingerprint density at radius 1 is 1.21 bits per heavy atom. The quantitative estimate of drug-likeness (QED) is 0.604. The Morgan fingerprint density at radius 3 is 2.55 bits per heavy atom. The maximum atomic E-state index is 12.9. The topological polar surface area (TPSA) is 76.6 Å². The Labute approximate surface area is 170 Å². The summed E-state index contributed by atoms with van der Waals surface area (Å²) in [5.74, 6) is 1.90. The number of nitrogens with zero attached hydrogens (tertiary/aromatic N) is 5. The molecule has 29 heavy (non-hydrogen) atoms. The average Bonchev–Trinajstić information content (AvgIpc) is 3.06. The molecule has 3 rings (SSSR count). The number of aryl methyl sites for hydroxylation is 1. The van der Waals surface area contributed by atoms with Crippen LogP contribution in [-0.4, -0.2) is 61.0 Å².